The Morgan fingerprint density at radius 3 is 2.35 bits per heavy atom. The van der Waals surface area contributed by atoms with Gasteiger partial charge in [-0.05, 0) is 58.6 Å². The molecule has 26 heavy (non-hydrogen) atoms. The lowest BCUT2D eigenvalue weighted by Gasteiger charge is -2.42. The van der Waals surface area contributed by atoms with E-state index in [9.17, 15) is 14.7 Å². The van der Waals surface area contributed by atoms with E-state index >= 15 is 0 Å². The first-order valence-electron chi connectivity index (χ1n) is 8.77. The smallest absolute Gasteiger partial charge is 0.407 e. The molecule has 0 atom stereocenters. The van der Waals surface area contributed by atoms with Crippen molar-refractivity contribution in [2.75, 3.05) is 12.4 Å². The molecule has 0 aromatic carbocycles. The average Bonchev–Trinajstić information content (AvgIpc) is 2.54. The number of carboxylic acid groups (broad SMARTS) is 1. The van der Waals surface area contributed by atoms with Gasteiger partial charge in [-0.1, -0.05) is 0 Å². The number of methoxy groups -OCH3 is 1. The predicted molar refractivity (Wildman–Crippen MR) is 98.6 cm³/mol. The number of rotatable bonds is 5. The normalized spacial score (nSPS) is 20.3. The van der Waals surface area contributed by atoms with Crippen molar-refractivity contribution in [1.29, 1.82) is 0 Å². The summed E-state index contributed by atoms with van der Waals surface area (Å²) in [6.07, 6.45) is 2.38. The highest BCUT2D eigenvalue weighted by Crippen LogP contribution is 2.30. The van der Waals surface area contributed by atoms with E-state index in [4.69, 9.17) is 10.5 Å². The van der Waals surface area contributed by atoms with Gasteiger partial charge in [0.25, 0.3) is 5.91 Å². The molecule has 1 fully saturated rings. The Hall–Kier alpha value is -2.51. The molecule has 0 saturated heterocycles. The van der Waals surface area contributed by atoms with Gasteiger partial charge in [0.05, 0.1) is 7.11 Å². The highest BCUT2D eigenvalue weighted by atomic mass is 16.5. The molecule has 1 aromatic rings. The number of primary amides is 1. The molecule has 2 amide bonds. The average molecular weight is 364 g/mol. The summed E-state index contributed by atoms with van der Waals surface area (Å²) in [5.74, 6) is 0.222. The monoisotopic (exact) mass is 364 g/mol. The maximum Gasteiger partial charge on any atom is 0.407 e. The van der Waals surface area contributed by atoms with Crippen LogP contribution in [-0.2, 0) is 0 Å². The third-order valence-corrected chi connectivity index (χ3v) is 4.66. The number of hydrogen-bond acceptors (Lipinski definition) is 5. The van der Waals surface area contributed by atoms with E-state index in [1.54, 1.807) is 17.0 Å². The molecule has 1 aromatic heterocycles. The largest absolute Gasteiger partial charge is 0.480 e. The molecule has 4 N–H and O–H groups in total. The molecule has 2 rings (SSSR count). The maximum absolute atomic E-state index is 11.6. The van der Waals surface area contributed by atoms with Crippen LogP contribution in [0.4, 0.5) is 10.6 Å². The lowest BCUT2D eigenvalue weighted by Crippen LogP contribution is -2.52. The molecule has 8 nitrogen and oxygen atoms in total. The van der Waals surface area contributed by atoms with Crippen LogP contribution in [0.2, 0.25) is 0 Å². The van der Waals surface area contributed by atoms with E-state index in [0.717, 1.165) is 25.7 Å². The number of carbonyl (C=O) groups excluding carboxylic acids is 1. The second-order valence-corrected chi connectivity index (χ2v) is 7.59. The molecule has 8 heteroatoms. The third kappa shape index (κ3) is 4.56. The molecule has 0 aliphatic heterocycles. The molecule has 144 valence electrons. The van der Waals surface area contributed by atoms with Crippen LogP contribution in [0.3, 0.4) is 0 Å². The fourth-order valence-electron chi connectivity index (χ4n) is 3.54. The Balaban J connectivity index is 2.01. The van der Waals surface area contributed by atoms with Gasteiger partial charge in [-0.3, -0.25) is 4.79 Å². The van der Waals surface area contributed by atoms with Crippen LogP contribution in [0.5, 0.6) is 5.88 Å². The summed E-state index contributed by atoms with van der Waals surface area (Å²) in [5, 5.41) is 12.9. The quantitative estimate of drug-likeness (QED) is 0.739. The van der Waals surface area contributed by atoms with Crippen LogP contribution in [0.15, 0.2) is 12.1 Å². The topological polar surface area (TPSA) is 118 Å². The summed E-state index contributed by atoms with van der Waals surface area (Å²) < 4.78 is 5.12. The highest BCUT2D eigenvalue weighted by molar-refractivity contribution is 5.95. The Labute approximate surface area is 153 Å². The predicted octanol–water partition coefficient (Wildman–Crippen LogP) is 2.69. The number of nitrogens with zero attached hydrogens (tertiary/aromatic N) is 2. The van der Waals surface area contributed by atoms with Crippen molar-refractivity contribution in [3.05, 3.63) is 17.7 Å². The SMILES string of the molecule is COc1nc(N[C@H]2CC[C@H](N(C(=O)O)C(C)(C)C)CC2)ccc1C(N)=O. The number of hydrogen-bond donors (Lipinski definition) is 3. The van der Waals surface area contributed by atoms with Crippen molar-refractivity contribution >= 4 is 17.8 Å². The van der Waals surface area contributed by atoms with E-state index in [-0.39, 0.29) is 23.5 Å². The van der Waals surface area contributed by atoms with Crippen LogP contribution >= 0.6 is 0 Å². The highest BCUT2D eigenvalue weighted by Gasteiger charge is 2.35. The van der Waals surface area contributed by atoms with Crippen molar-refractivity contribution in [3.63, 3.8) is 0 Å². The van der Waals surface area contributed by atoms with Crippen molar-refractivity contribution < 1.29 is 19.4 Å². The number of carbonyl (C=O) groups is 2. The zero-order valence-electron chi connectivity index (χ0n) is 15.8. The van der Waals surface area contributed by atoms with Gasteiger partial charge in [0, 0.05) is 17.6 Å². The summed E-state index contributed by atoms with van der Waals surface area (Å²) in [7, 11) is 1.44. The number of nitrogens with two attached hydrogens (primary N) is 1. The van der Waals surface area contributed by atoms with Crippen LogP contribution in [0.25, 0.3) is 0 Å². The van der Waals surface area contributed by atoms with Crippen molar-refractivity contribution in [3.8, 4) is 5.88 Å². The number of anilines is 1. The Bertz CT molecular complexity index is 664. The van der Waals surface area contributed by atoms with Gasteiger partial charge < -0.3 is 25.8 Å². The first-order valence-corrected chi connectivity index (χ1v) is 8.77. The number of aromatic nitrogens is 1. The standard InChI is InChI=1S/C18H28N4O4/c1-18(2,3)22(17(24)25)12-7-5-11(6-8-12)20-14-10-9-13(15(19)23)16(21-14)26-4/h9-12H,5-8H2,1-4H3,(H2,19,23)(H,20,21)(H,24,25)/t11-,12-. The summed E-state index contributed by atoms with van der Waals surface area (Å²) in [4.78, 5) is 28.8. The first kappa shape index (κ1) is 19.8. The second kappa shape index (κ2) is 7.80. The van der Waals surface area contributed by atoms with Gasteiger partial charge in [-0.15, -0.1) is 0 Å². The minimum atomic E-state index is -0.873. The van der Waals surface area contributed by atoms with Crippen LogP contribution in [0, 0.1) is 0 Å². The van der Waals surface area contributed by atoms with Gasteiger partial charge in [0.1, 0.15) is 11.4 Å². The summed E-state index contributed by atoms with van der Waals surface area (Å²) in [6.45, 7) is 5.76. The summed E-state index contributed by atoms with van der Waals surface area (Å²) >= 11 is 0. The Kier molecular flexibility index (Phi) is 5.94. The van der Waals surface area contributed by atoms with Crippen molar-refractivity contribution in [2.24, 2.45) is 5.73 Å². The fraction of sp³-hybridized carbons (Fsp3) is 0.611. The van der Waals surface area contributed by atoms with E-state index in [1.165, 1.54) is 7.11 Å². The molecule has 0 bridgehead atoms. The van der Waals surface area contributed by atoms with E-state index < -0.39 is 17.5 Å². The van der Waals surface area contributed by atoms with E-state index in [2.05, 4.69) is 10.3 Å². The lowest BCUT2D eigenvalue weighted by atomic mass is 9.88. The molecule has 1 aliphatic rings. The van der Waals surface area contributed by atoms with E-state index in [1.807, 2.05) is 20.8 Å². The number of amides is 2. The molecule has 0 unspecified atom stereocenters. The zero-order chi connectivity index (χ0) is 19.5. The summed E-state index contributed by atoms with van der Waals surface area (Å²) in [6, 6.07) is 3.50. The molecule has 1 aliphatic carbocycles. The molecule has 1 saturated carbocycles. The molecular weight excluding hydrogens is 336 g/mol. The minimum Gasteiger partial charge on any atom is -0.480 e. The first-order chi connectivity index (χ1) is 12.1. The fourth-order valence-corrected chi connectivity index (χ4v) is 3.54. The maximum atomic E-state index is 11.6. The van der Waals surface area contributed by atoms with Gasteiger partial charge in [-0.2, -0.15) is 4.98 Å². The number of ether oxygens (including phenoxy) is 1. The molecular formula is C18H28N4O4. The van der Waals surface area contributed by atoms with Crippen LogP contribution in [-0.4, -0.2) is 51.7 Å². The van der Waals surface area contributed by atoms with Gasteiger partial charge in [0.2, 0.25) is 5.88 Å². The molecule has 0 spiro atoms. The van der Waals surface area contributed by atoms with E-state index in [0.29, 0.717) is 5.82 Å². The number of pyridine rings is 1. The molecule has 0 radical (unpaired) electrons. The number of nitrogens with one attached hydrogen (secondary N) is 1. The Morgan fingerprint density at radius 1 is 1.27 bits per heavy atom. The van der Waals surface area contributed by atoms with Gasteiger partial charge >= 0.3 is 6.09 Å². The third-order valence-electron chi connectivity index (χ3n) is 4.66. The van der Waals surface area contributed by atoms with Gasteiger partial charge in [0.15, 0.2) is 0 Å². The van der Waals surface area contributed by atoms with Crippen LogP contribution in [0.1, 0.15) is 56.8 Å². The minimum absolute atomic E-state index is 0.0188. The van der Waals surface area contributed by atoms with Gasteiger partial charge in [-0.25, -0.2) is 4.79 Å². The lowest BCUT2D eigenvalue weighted by molar-refractivity contribution is 0.0556. The second-order valence-electron chi connectivity index (χ2n) is 7.59. The summed E-state index contributed by atoms with van der Waals surface area (Å²) in [5.41, 5.74) is 5.12. The van der Waals surface area contributed by atoms with Crippen molar-refractivity contribution in [2.45, 2.75) is 64.1 Å². The Morgan fingerprint density at radius 2 is 1.88 bits per heavy atom. The molecule has 1 heterocycles. The van der Waals surface area contributed by atoms with Crippen molar-refractivity contribution in [1.82, 2.24) is 9.88 Å². The van der Waals surface area contributed by atoms with Crippen LogP contribution < -0.4 is 15.8 Å². The zero-order valence-corrected chi connectivity index (χ0v) is 15.8.